The van der Waals surface area contributed by atoms with Crippen LogP contribution in [0.1, 0.15) is 16.7 Å². The zero-order valence-electron chi connectivity index (χ0n) is 15.9. The van der Waals surface area contributed by atoms with Crippen molar-refractivity contribution in [3.8, 4) is 11.1 Å². The molecule has 0 saturated heterocycles. The van der Waals surface area contributed by atoms with Gasteiger partial charge in [-0.2, -0.15) is 0 Å². The van der Waals surface area contributed by atoms with Crippen LogP contribution in [0.3, 0.4) is 0 Å². The first-order valence-corrected chi connectivity index (χ1v) is 10.5. The largest absolute Gasteiger partial charge is 0.355 e. The van der Waals surface area contributed by atoms with Crippen LogP contribution in [0.25, 0.3) is 11.1 Å². The lowest BCUT2D eigenvalue weighted by atomic mass is 9.97. The normalized spacial score (nSPS) is 10.7. The van der Waals surface area contributed by atoms with Gasteiger partial charge in [0.25, 0.3) is 0 Å². The van der Waals surface area contributed by atoms with Crippen molar-refractivity contribution in [3.05, 3.63) is 76.4 Å². The molecular weight excluding hydrogens is 404 g/mol. The number of amides is 1. The fraction of sp³-hybridized carbons (Fsp3) is 0.182. The third kappa shape index (κ3) is 5.16. The van der Waals surface area contributed by atoms with Gasteiger partial charge >= 0.3 is 0 Å². The van der Waals surface area contributed by atoms with Gasteiger partial charge in [0.15, 0.2) is 0 Å². The van der Waals surface area contributed by atoms with Crippen molar-refractivity contribution in [3.63, 3.8) is 0 Å². The molecule has 5 N–H and O–H groups in total. The lowest BCUT2D eigenvalue weighted by molar-refractivity contribution is -0.109. The van der Waals surface area contributed by atoms with Gasteiger partial charge in [-0.3, -0.25) is 4.79 Å². The van der Waals surface area contributed by atoms with E-state index in [0.717, 1.165) is 38.6 Å². The maximum absolute atomic E-state index is 11.0. The summed E-state index contributed by atoms with van der Waals surface area (Å²) in [5, 5.41) is 4.19. The van der Waals surface area contributed by atoms with Crippen molar-refractivity contribution in [1.82, 2.24) is 10.3 Å². The number of nitrogens with two attached hydrogens (primary N) is 2. The standard InChI is InChI=1S/C22H23ClN4OS/c23-20-7-6-18(16-4-1-3-15(11-16)8-9-24)19(13-26-14-28)21(20)29-22-17(12-25)5-2-10-27-22/h1-7,10-11,14H,8-9,12-13,24-25H2,(H,26,28). The second-order valence-corrected chi connectivity index (χ2v) is 7.82. The number of pyridine rings is 1. The monoisotopic (exact) mass is 426 g/mol. The molecule has 0 unspecified atom stereocenters. The summed E-state index contributed by atoms with van der Waals surface area (Å²) in [5.74, 6) is 0. The molecule has 2 aromatic carbocycles. The minimum Gasteiger partial charge on any atom is -0.355 e. The predicted octanol–water partition coefficient (Wildman–Crippen LogP) is 3.76. The molecule has 0 saturated carbocycles. The van der Waals surface area contributed by atoms with Crippen LogP contribution in [-0.4, -0.2) is 17.9 Å². The van der Waals surface area contributed by atoms with Crippen LogP contribution in [0.2, 0.25) is 5.02 Å². The fourth-order valence-electron chi connectivity index (χ4n) is 3.13. The Morgan fingerprint density at radius 1 is 1.14 bits per heavy atom. The Morgan fingerprint density at radius 3 is 2.76 bits per heavy atom. The third-order valence-electron chi connectivity index (χ3n) is 4.51. The lowest BCUT2D eigenvalue weighted by Gasteiger charge is -2.17. The average Bonchev–Trinajstić information content (AvgIpc) is 2.75. The van der Waals surface area contributed by atoms with Gasteiger partial charge in [-0.05, 0) is 52.9 Å². The predicted molar refractivity (Wildman–Crippen MR) is 119 cm³/mol. The lowest BCUT2D eigenvalue weighted by Crippen LogP contribution is -2.12. The number of benzene rings is 2. The van der Waals surface area contributed by atoms with E-state index in [1.807, 2.05) is 36.4 Å². The minimum absolute atomic E-state index is 0.355. The van der Waals surface area contributed by atoms with Crippen LogP contribution < -0.4 is 16.8 Å². The van der Waals surface area contributed by atoms with E-state index in [1.54, 1.807) is 6.20 Å². The van der Waals surface area contributed by atoms with Gasteiger partial charge in [0.2, 0.25) is 6.41 Å². The highest BCUT2D eigenvalue weighted by atomic mass is 35.5. The van der Waals surface area contributed by atoms with Crippen molar-refractivity contribution in [2.45, 2.75) is 29.4 Å². The molecule has 0 aliphatic carbocycles. The summed E-state index contributed by atoms with van der Waals surface area (Å²) >= 11 is 8.05. The van der Waals surface area contributed by atoms with Crippen LogP contribution in [0.5, 0.6) is 0 Å². The van der Waals surface area contributed by atoms with Gasteiger partial charge in [-0.25, -0.2) is 4.98 Å². The molecule has 7 heteroatoms. The summed E-state index contributed by atoms with van der Waals surface area (Å²) in [5.41, 5.74) is 16.7. The van der Waals surface area contributed by atoms with Crippen molar-refractivity contribution in [2.75, 3.05) is 6.54 Å². The Morgan fingerprint density at radius 2 is 2.00 bits per heavy atom. The van der Waals surface area contributed by atoms with Crippen molar-refractivity contribution < 1.29 is 4.79 Å². The number of hydrogen-bond donors (Lipinski definition) is 3. The average molecular weight is 427 g/mol. The molecule has 0 aliphatic heterocycles. The molecule has 0 spiro atoms. The van der Waals surface area contributed by atoms with Crippen molar-refractivity contribution >= 4 is 29.8 Å². The third-order valence-corrected chi connectivity index (χ3v) is 6.17. The van der Waals surface area contributed by atoms with E-state index in [2.05, 4.69) is 22.4 Å². The van der Waals surface area contributed by atoms with E-state index in [0.29, 0.717) is 31.1 Å². The van der Waals surface area contributed by atoms with E-state index in [1.165, 1.54) is 17.3 Å². The Bertz CT molecular complexity index is 996. The first-order chi connectivity index (χ1) is 14.2. The Hall–Kier alpha value is -2.38. The molecule has 1 aromatic heterocycles. The molecule has 0 aliphatic rings. The SMILES string of the molecule is NCCc1cccc(-c2ccc(Cl)c(Sc3ncccc3CN)c2CNC=O)c1. The van der Waals surface area contributed by atoms with Gasteiger partial charge in [0, 0.05) is 24.2 Å². The van der Waals surface area contributed by atoms with E-state index >= 15 is 0 Å². The molecule has 0 bridgehead atoms. The number of carbonyl (C=O) groups is 1. The van der Waals surface area contributed by atoms with E-state index in [4.69, 9.17) is 23.1 Å². The number of nitrogens with zero attached hydrogens (tertiary/aromatic N) is 1. The topological polar surface area (TPSA) is 94.0 Å². The smallest absolute Gasteiger partial charge is 0.207 e. The molecule has 1 amide bonds. The highest BCUT2D eigenvalue weighted by molar-refractivity contribution is 7.99. The number of aromatic nitrogens is 1. The molecule has 0 fully saturated rings. The summed E-state index contributed by atoms with van der Waals surface area (Å²) < 4.78 is 0. The Labute approximate surface area is 179 Å². The number of rotatable bonds is 9. The zero-order chi connectivity index (χ0) is 20.6. The van der Waals surface area contributed by atoms with Crippen molar-refractivity contribution in [2.24, 2.45) is 11.5 Å². The summed E-state index contributed by atoms with van der Waals surface area (Å²) in [6.45, 7) is 1.33. The Kier molecular flexibility index (Phi) is 7.66. The summed E-state index contributed by atoms with van der Waals surface area (Å²) in [6.07, 6.45) is 3.23. The van der Waals surface area contributed by atoms with Crippen LogP contribution >= 0.6 is 23.4 Å². The highest BCUT2D eigenvalue weighted by Gasteiger charge is 2.17. The van der Waals surface area contributed by atoms with E-state index < -0.39 is 0 Å². The van der Waals surface area contributed by atoms with Gasteiger partial charge in [-0.15, -0.1) is 0 Å². The highest BCUT2D eigenvalue weighted by Crippen LogP contribution is 2.41. The number of hydrogen-bond acceptors (Lipinski definition) is 5. The van der Waals surface area contributed by atoms with Crippen LogP contribution in [0.15, 0.2) is 64.6 Å². The van der Waals surface area contributed by atoms with Gasteiger partial charge in [0.05, 0.1) is 5.02 Å². The van der Waals surface area contributed by atoms with E-state index in [-0.39, 0.29) is 0 Å². The maximum Gasteiger partial charge on any atom is 0.207 e. The minimum atomic E-state index is 0.355. The summed E-state index contributed by atoms with van der Waals surface area (Å²) in [4.78, 5) is 16.4. The molecule has 150 valence electrons. The summed E-state index contributed by atoms with van der Waals surface area (Å²) in [6, 6.07) is 15.9. The molecule has 3 aromatic rings. The van der Waals surface area contributed by atoms with Crippen molar-refractivity contribution in [1.29, 1.82) is 0 Å². The van der Waals surface area contributed by atoms with Gasteiger partial charge < -0.3 is 16.8 Å². The van der Waals surface area contributed by atoms with Crippen LogP contribution in [0, 0.1) is 0 Å². The molecule has 1 heterocycles. The maximum atomic E-state index is 11.0. The number of nitrogens with one attached hydrogen (secondary N) is 1. The molecule has 0 radical (unpaired) electrons. The first kappa shape index (κ1) is 21.3. The van der Waals surface area contributed by atoms with Gasteiger partial charge in [-0.1, -0.05) is 59.8 Å². The fourth-order valence-corrected chi connectivity index (χ4v) is 4.48. The van der Waals surface area contributed by atoms with E-state index in [9.17, 15) is 4.79 Å². The molecule has 0 atom stereocenters. The second kappa shape index (κ2) is 10.4. The zero-order valence-corrected chi connectivity index (χ0v) is 17.5. The molecular formula is C22H23ClN4OS. The second-order valence-electron chi connectivity index (χ2n) is 6.41. The first-order valence-electron chi connectivity index (χ1n) is 9.27. The van der Waals surface area contributed by atoms with Gasteiger partial charge in [0.1, 0.15) is 5.03 Å². The number of halogens is 1. The van der Waals surface area contributed by atoms with Crippen LogP contribution in [0.4, 0.5) is 0 Å². The quantitative estimate of drug-likeness (QED) is 0.453. The Balaban J connectivity index is 2.11. The molecule has 29 heavy (non-hydrogen) atoms. The molecule has 3 rings (SSSR count). The summed E-state index contributed by atoms with van der Waals surface area (Å²) in [7, 11) is 0. The number of carbonyl (C=O) groups excluding carboxylic acids is 1. The van der Waals surface area contributed by atoms with Crippen LogP contribution in [-0.2, 0) is 24.3 Å². The molecule has 5 nitrogen and oxygen atoms in total.